The Morgan fingerprint density at radius 3 is 2.62 bits per heavy atom. The number of nitrogens with zero attached hydrogens (tertiary/aromatic N) is 1. The van der Waals surface area contributed by atoms with E-state index in [9.17, 15) is 15.0 Å². The second kappa shape index (κ2) is 5.25. The molecule has 0 unspecified atom stereocenters. The Kier molecular flexibility index (Phi) is 3.28. The lowest BCUT2D eigenvalue weighted by Gasteiger charge is -2.05. The topological polar surface area (TPSA) is 70.4 Å². The number of pyridine rings is 1. The summed E-state index contributed by atoms with van der Waals surface area (Å²) in [5, 5.41) is 20.0. The highest BCUT2D eigenvalue weighted by Crippen LogP contribution is 2.24. The number of hydrogen-bond acceptors (Lipinski definition) is 4. The summed E-state index contributed by atoms with van der Waals surface area (Å²) >= 11 is 0. The molecule has 0 aliphatic carbocycles. The molecule has 1 heterocycles. The van der Waals surface area contributed by atoms with Crippen molar-refractivity contribution in [3.05, 3.63) is 65.9 Å². The van der Waals surface area contributed by atoms with Gasteiger partial charge >= 0.3 is 0 Å². The van der Waals surface area contributed by atoms with E-state index in [-0.39, 0.29) is 29.3 Å². The molecule has 2 aromatic carbocycles. The fourth-order valence-corrected chi connectivity index (χ4v) is 2.22. The van der Waals surface area contributed by atoms with E-state index < -0.39 is 0 Å². The lowest BCUT2D eigenvalue weighted by Crippen LogP contribution is -2.05. The van der Waals surface area contributed by atoms with E-state index in [1.165, 1.54) is 12.1 Å². The number of phenolic OH excluding ortho intramolecular Hbond substituents is 2. The molecule has 0 fully saturated rings. The molecule has 2 N–H and O–H groups in total. The maximum absolute atomic E-state index is 12.2. The van der Waals surface area contributed by atoms with Crippen molar-refractivity contribution >= 4 is 16.7 Å². The summed E-state index contributed by atoms with van der Waals surface area (Å²) < 4.78 is 0. The summed E-state index contributed by atoms with van der Waals surface area (Å²) in [5.41, 5.74) is 1.66. The van der Waals surface area contributed by atoms with Gasteiger partial charge in [-0.05, 0) is 24.3 Å². The minimum atomic E-state index is -0.240. The van der Waals surface area contributed by atoms with Crippen molar-refractivity contribution in [2.45, 2.75) is 6.42 Å². The number of aromatic nitrogens is 1. The Morgan fingerprint density at radius 1 is 1.00 bits per heavy atom. The van der Waals surface area contributed by atoms with Crippen LogP contribution in [0.4, 0.5) is 0 Å². The monoisotopic (exact) mass is 279 g/mol. The van der Waals surface area contributed by atoms with Gasteiger partial charge < -0.3 is 10.2 Å². The first-order valence-electron chi connectivity index (χ1n) is 6.53. The molecular weight excluding hydrogens is 266 g/mol. The van der Waals surface area contributed by atoms with Crippen molar-refractivity contribution in [2.75, 3.05) is 0 Å². The number of fused-ring (bicyclic) bond motifs is 1. The number of para-hydroxylation sites is 1. The molecule has 3 aromatic rings. The van der Waals surface area contributed by atoms with Gasteiger partial charge in [-0.15, -0.1) is 0 Å². The summed E-state index contributed by atoms with van der Waals surface area (Å²) in [4.78, 5) is 16.6. The lowest BCUT2D eigenvalue weighted by atomic mass is 10.0. The van der Waals surface area contributed by atoms with Gasteiger partial charge in [0, 0.05) is 17.1 Å². The average molecular weight is 279 g/mol. The Hall–Kier alpha value is -2.88. The summed E-state index contributed by atoms with van der Waals surface area (Å²) in [6.45, 7) is 0. The first-order chi connectivity index (χ1) is 10.1. The smallest absolute Gasteiger partial charge is 0.172 e. The number of ketones is 1. The molecule has 0 spiro atoms. The van der Waals surface area contributed by atoms with Crippen molar-refractivity contribution in [1.29, 1.82) is 0 Å². The molecule has 0 atom stereocenters. The third-order valence-corrected chi connectivity index (χ3v) is 3.28. The van der Waals surface area contributed by atoms with Crippen molar-refractivity contribution in [3.63, 3.8) is 0 Å². The van der Waals surface area contributed by atoms with E-state index in [1.807, 2.05) is 30.3 Å². The van der Waals surface area contributed by atoms with Crippen LogP contribution >= 0.6 is 0 Å². The maximum Gasteiger partial charge on any atom is 0.172 e. The number of carbonyl (C=O) groups is 1. The van der Waals surface area contributed by atoms with Gasteiger partial charge in [-0.25, -0.2) is 0 Å². The number of carbonyl (C=O) groups excluding carboxylic acids is 1. The number of aromatic hydroxyl groups is 2. The standard InChI is InChI=1S/C17H13NO3/c19-13-7-8-14(17(21)10-13)16(20)9-12-6-5-11-3-1-2-4-15(11)18-12/h1-8,10,19,21H,9H2. The molecule has 0 aliphatic rings. The molecule has 0 radical (unpaired) electrons. The summed E-state index contributed by atoms with van der Waals surface area (Å²) in [7, 11) is 0. The maximum atomic E-state index is 12.2. The molecular formula is C17H13NO3. The van der Waals surface area contributed by atoms with Gasteiger partial charge in [0.15, 0.2) is 5.78 Å². The van der Waals surface area contributed by atoms with Gasteiger partial charge in [0.1, 0.15) is 11.5 Å². The largest absolute Gasteiger partial charge is 0.508 e. The average Bonchev–Trinajstić information content (AvgIpc) is 2.47. The number of phenols is 2. The molecule has 0 saturated carbocycles. The predicted molar refractivity (Wildman–Crippen MR) is 79.5 cm³/mol. The van der Waals surface area contributed by atoms with Crippen molar-refractivity contribution in [2.24, 2.45) is 0 Å². The van der Waals surface area contributed by atoms with E-state index in [1.54, 1.807) is 6.07 Å². The van der Waals surface area contributed by atoms with Crippen LogP contribution in [0.15, 0.2) is 54.6 Å². The minimum absolute atomic E-state index is 0.0760. The van der Waals surface area contributed by atoms with Crippen LogP contribution in [0.1, 0.15) is 16.1 Å². The molecule has 3 rings (SSSR count). The predicted octanol–water partition coefficient (Wildman–Crippen LogP) is 3.07. The highest BCUT2D eigenvalue weighted by Gasteiger charge is 2.13. The Bertz CT molecular complexity index is 827. The molecule has 4 heteroatoms. The fourth-order valence-electron chi connectivity index (χ4n) is 2.22. The van der Waals surface area contributed by atoms with Crippen LogP contribution < -0.4 is 0 Å². The van der Waals surface area contributed by atoms with Gasteiger partial charge in [-0.1, -0.05) is 24.3 Å². The molecule has 0 amide bonds. The van der Waals surface area contributed by atoms with Crippen LogP contribution in [0.2, 0.25) is 0 Å². The molecule has 0 aliphatic heterocycles. The normalized spacial score (nSPS) is 10.7. The SMILES string of the molecule is O=C(Cc1ccc2ccccc2n1)c1ccc(O)cc1O. The van der Waals surface area contributed by atoms with Crippen LogP contribution in [0.3, 0.4) is 0 Å². The molecule has 0 saturated heterocycles. The molecule has 21 heavy (non-hydrogen) atoms. The number of Topliss-reactive ketones (excluding diaryl/α,β-unsaturated/α-hetero) is 1. The van der Waals surface area contributed by atoms with E-state index in [2.05, 4.69) is 4.98 Å². The lowest BCUT2D eigenvalue weighted by molar-refractivity contribution is 0.0989. The Balaban J connectivity index is 1.89. The highest BCUT2D eigenvalue weighted by molar-refractivity contribution is 6.00. The first kappa shape index (κ1) is 13.1. The van der Waals surface area contributed by atoms with Crippen LogP contribution in [-0.2, 0) is 6.42 Å². The Morgan fingerprint density at radius 2 is 1.81 bits per heavy atom. The van der Waals surface area contributed by atoms with Gasteiger partial charge in [-0.2, -0.15) is 0 Å². The Labute approximate surface area is 121 Å². The highest BCUT2D eigenvalue weighted by atomic mass is 16.3. The zero-order valence-corrected chi connectivity index (χ0v) is 11.2. The second-order valence-corrected chi connectivity index (χ2v) is 4.80. The van der Waals surface area contributed by atoms with Gasteiger partial charge in [0.05, 0.1) is 17.5 Å². The van der Waals surface area contributed by atoms with Crippen molar-refractivity contribution in [3.8, 4) is 11.5 Å². The third-order valence-electron chi connectivity index (χ3n) is 3.28. The van der Waals surface area contributed by atoms with Crippen molar-refractivity contribution in [1.82, 2.24) is 4.98 Å². The third kappa shape index (κ3) is 2.69. The zero-order chi connectivity index (χ0) is 14.8. The van der Waals surface area contributed by atoms with Crippen LogP contribution in [0.25, 0.3) is 10.9 Å². The van der Waals surface area contributed by atoms with Gasteiger partial charge in [-0.3, -0.25) is 9.78 Å². The zero-order valence-electron chi connectivity index (χ0n) is 11.2. The van der Waals surface area contributed by atoms with E-state index in [0.717, 1.165) is 17.0 Å². The number of hydrogen-bond donors (Lipinski definition) is 2. The van der Waals surface area contributed by atoms with Crippen LogP contribution in [0.5, 0.6) is 11.5 Å². The second-order valence-electron chi connectivity index (χ2n) is 4.80. The van der Waals surface area contributed by atoms with E-state index in [4.69, 9.17) is 0 Å². The molecule has 0 bridgehead atoms. The van der Waals surface area contributed by atoms with Crippen molar-refractivity contribution < 1.29 is 15.0 Å². The molecule has 104 valence electrons. The summed E-state index contributed by atoms with van der Waals surface area (Å²) in [6.07, 6.45) is 0.100. The fraction of sp³-hybridized carbons (Fsp3) is 0.0588. The quantitative estimate of drug-likeness (QED) is 0.723. The van der Waals surface area contributed by atoms with Crippen LogP contribution in [-0.4, -0.2) is 21.0 Å². The molecule has 1 aromatic heterocycles. The summed E-state index contributed by atoms with van der Waals surface area (Å²) in [5.74, 6) is -0.538. The van der Waals surface area contributed by atoms with E-state index in [0.29, 0.717) is 5.69 Å². The van der Waals surface area contributed by atoms with Gasteiger partial charge in [0.25, 0.3) is 0 Å². The molecule has 4 nitrogen and oxygen atoms in total. The summed E-state index contributed by atoms with van der Waals surface area (Å²) in [6, 6.07) is 15.3. The van der Waals surface area contributed by atoms with Gasteiger partial charge in [0.2, 0.25) is 0 Å². The number of rotatable bonds is 3. The minimum Gasteiger partial charge on any atom is -0.508 e. The first-order valence-corrected chi connectivity index (χ1v) is 6.53. The van der Waals surface area contributed by atoms with E-state index >= 15 is 0 Å². The van der Waals surface area contributed by atoms with Crippen LogP contribution in [0, 0.1) is 0 Å². The number of benzene rings is 2.